The maximum Gasteiger partial charge on any atom is 0.242 e. The Morgan fingerprint density at radius 3 is 2.62 bits per heavy atom. The number of benzene rings is 2. The molecule has 136 valence electrons. The first-order valence-corrected chi connectivity index (χ1v) is 9.55. The Labute approximate surface area is 148 Å². The number of carbonyl (C=O) groups is 1. The smallest absolute Gasteiger partial charge is 0.242 e. The van der Waals surface area contributed by atoms with Crippen molar-refractivity contribution in [3.8, 4) is 11.4 Å². The highest BCUT2D eigenvalue weighted by Crippen LogP contribution is 2.25. The van der Waals surface area contributed by atoms with Gasteiger partial charge in [-0.3, -0.25) is 4.79 Å². The van der Waals surface area contributed by atoms with Gasteiger partial charge in [0.2, 0.25) is 5.91 Å². The minimum Gasteiger partial charge on any atom is -0.338 e. The van der Waals surface area contributed by atoms with Gasteiger partial charge in [0.15, 0.2) is 9.84 Å². The SMILES string of the molecule is CC(C(=O)Nc1ccc2nc(-c3cc(F)ccc3F)[nH]c2c1)S(C)(=O)=O. The fourth-order valence-electron chi connectivity index (χ4n) is 2.33. The molecule has 0 saturated heterocycles. The van der Waals surface area contributed by atoms with E-state index in [4.69, 9.17) is 0 Å². The van der Waals surface area contributed by atoms with Gasteiger partial charge < -0.3 is 10.3 Å². The number of nitrogens with zero attached hydrogens (tertiary/aromatic N) is 1. The van der Waals surface area contributed by atoms with Gasteiger partial charge in [-0.2, -0.15) is 0 Å². The monoisotopic (exact) mass is 379 g/mol. The first-order chi connectivity index (χ1) is 12.1. The topological polar surface area (TPSA) is 91.9 Å². The van der Waals surface area contributed by atoms with Crippen molar-refractivity contribution in [1.82, 2.24) is 9.97 Å². The van der Waals surface area contributed by atoms with E-state index < -0.39 is 32.6 Å². The zero-order valence-electron chi connectivity index (χ0n) is 13.9. The summed E-state index contributed by atoms with van der Waals surface area (Å²) in [4.78, 5) is 19.1. The zero-order valence-corrected chi connectivity index (χ0v) is 14.7. The number of aromatic nitrogens is 2. The Balaban J connectivity index is 1.93. The molecule has 1 atom stereocenters. The van der Waals surface area contributed by atoms with Crippen molar-refractivity contribution in [2.45, 2.75) is 12.2 Å². The summed E-state index contributed by atoms with van der Waals surface area (Å²) in [5, 5.41) is 1.31. The average Bonchev–Trinajstić information content (AvgIpc) is 2.98. The summed E-state index contributed by atoms with van der Waals surface area (Å²) >= 11 is 0. The number of sulfone groups is 1. The van der Waals surface area contributed by atoms with Gasteiger partial charge in [0, 0.05) is 11.9 Å². The van der Waals surface area contributed by atoms with E-state index in [1.165, 1.54) is 13.0 Å². The van der Waals surface area contributed by atoms with E-state index in [1.54, 1.807) is 12.1 Å². The van der Waals surface area contributed by atoms with E-state index in [-0.39, 0.29) is 11.4 Å². The molecule has 0 radical (unpaired) electrons. The zero-order chi connectivity index (χ0) is 19.1. The van der Waals surface area contributed by atoms with Crippen molar-refractivity contribution in [2.75, 3.05) is 11.6 Å². The number of carbonyl (C=O) groups excluding carboxylic acids is 1. The van der Waals surface area contributed by atoms with Crippen LogP contribution < -0.4 is 5.32 Å². The van der Waals surface area contributed by atoms with Crippen LogP contribution in [-0.4, -0.2) is 35.8 Å². The molecule has 1 aromatic heterocycles. The second kappa shape index (κ2) is 6.49. The fourth-order valence-corrected chi connectivity index (χ4v) is 2.78. The minimum atomic E-state index is -3.51. The van der Waals surface area contributed by atoms with Gasteiger partial charge in [-0.25, -0.2) is 22.2 Å². The van der Waals surface area contributed by atoms with Gasteiger partial charge in [0.25, 0.3) is 0 Å². The molecule has 3 rings (SSSR count). The number of amides is 1. The van der Waals surface area contributed by atoms with Crippen LogP contribution in [0.2, 0.25) is 0 Å². The third-order valence-corrected chi connectivity index (χ3v) is 5.44. The highest BCUT2D eigenvalue weighted by Gasteiger charge is 2.23. The number of hydrogen-bond donors (Lipinski definition) is 2. The van der Waals surface area contributed by atoms with Crippen molar-refractivity contribution < 1.29 is 22.0 Å². The number of aromatic amines is 1. The molecule has 6 nitrogen and oxygen atoms in total. The van der Waals surface area contributed by atoms with Crippen LogP contribution in [0, 0.1) is 11.6 Å². The molecular weight excluding hydrogens is 364 g/mol. The van der Waals surface area contributed by atoms with Gasteiger partial charge in [-0.1, -0.05) is 0 Å². The largest absolute Gasteiger partial charge is 0.338 e. The van der Waals surface area contributed by atoms with Crippen LogP contribution in [0.1, 0.15) is 6.92 Å². The Hall–Kier alpha value is -2.81. The molecule has 0 saturated carbocycles. The molecular formula is C17H15F2N3O3S. The van der Waals surface area contributed by atoms with Crippen LogP contribution in [0.25, 0.3) is 22.4 Å². The number of fused-ring (bicyclic) bond motifs is 1. The first kappa shape index (κ1) is 18.0. The minimum absolute atomic E-state index is 0.0162. The quantitative estimate of drug-likeness (QED) is 0.729. The Morgan fingerprint density at radius 1 is 1.19 bits per heavy atom. The van der Waals surface area contributed by atoms with Gasteiger partial charge in [-0.15, -0.1) is 0 Å². The molecule has 3 aromatic rings. The van der Waals surface area contributed by atoms with E-state index in [9.17, 15) is 22.0 Å². The van der Waals surface area contributed by atoms with Crippen molar-refractivity contribution >= 4 is 32.5 Å². The molecule has 1 amide bonds. The Kier molecular flexibility index (Phi) is 4.49. The lowest BCUT2D eigenvalue weighted by Gasteiger charge is -2.10. The van der Waals surface area contributed by atoms with Crippen LogP contribution >= 0.6 is 0 Å². The van der Waals surface area contributed by atoms with Crippen molar-refractivity contribution in [2.24, 2.45) is 0 Å². The molecule has 26 heavy (non-hydrogen) atoms. The number of anilines is 1. The molecule has 9 heteroatoms. The van der Waals surface area contributed by atoms with Crippen LogP contribution in [-0.2, 0) is 14.6 Å². The Bertz CT molecular complexity index is 1110. The molecule has 0 aliphatic heterocycles. The van der Waals surface area contributed by atoms with Crippen molar-refractivity contribution in [3.05, 3.63) is 48.0 Å². The molecule has 0 fully saturated rings. The number of rotatable bonds is 4. The lowest BCUT2D eigenvalue weighted by Crippen LogP contribution is -2.31. The number of H-pyrrole nitrogens is 1. The maximum absolute atomic E-state index is 13.9. The van der Waals surface area contributed by atoms with Crippen LogP contribution in [0.15, 0.2) is 36.4 Å². The summed E-state index contributed by atoms with van der Waals surface area (Å²) in [6.07, 6.45) is 0.981. The summed E-state index contributed by atoms with van der Waals surface area (Å²) < 4.78 is 50.2. The molecule has 0 aliphatic rings. The van der Waals surface area contributed by atoms with Gasteiger partial charge in [-0.05, 0) is 43.3 Å². The Morgan fingerprint density at radius 2 is 1.92 bits per heavy atom. The summed E-state index contributed by atoms with van der Waals surface area (Å²) in [6.45, 7) is 1.30. The second-order valence-corrected chi connectivity index (χ2v) is 8.27. The average molecular weight is 379 g/mol. The number of nitrogens with one attached hydrogen (secondary N) is 2. The molecule has 0 spiro atoms. The second-order valence-electron chi connectivity index (χ2n) is 5.90. The lowest BCUT2D eigenvalue weighted by molar-refractivity contribution is -0.115. The van der Waals surface area contributed by atoms with Crippen LogP contribution in [0.4, 0.5) is 14.5 Å². The number of hydrogen-bond acceptors (Lipinski definition) is 4. The maximum atomic E-state index is 13.9. The van der Waals surface area contributed by atoms with E-state index in [0.29, 0.717) is 16.7 Å². The summed E-state index contributed by atoms with van der Waals surface area (Å²) in [6, 6.07) is 7.71. The predicted octanol–water partition coefficient (Wildman–Crippen LogP) is 2.88. The normalized spacial score (nSPS) is 12.9. The molecule has 0 aliphatic carbocycles. The highest BCUT2D eigenvalue weighted by atomic mass is 32.2. The van der Waals surface area contributed by atoms with Gasteiger partial charge in [0.05, 0.1) is 16.6 Å². The van der Waals surface area contributed by atoms with E-state index in [1.807, 2.05) is 0 Å². The van der Waals surface area contributed by atoms with E-state index >= 15 is 0 Å². The van der Waals surface area contributed by atoms with Gasteiger partial charge >= 0.3 is 0 Å². The third kappa shape index (κ3) is 3.57. The first-order valence-electron chi connectivity index (χ1n) is 7.60. The molecule has 2 aromatic carbocycles. The van der Waals surface area contributed by atoms with Gasteiger partial charge in [0.1, 0.15) is 22.7 Å². The molecule has 2 N–H and O–H groups in total. The number of imidazole rings is 1. The predicted molar refractivity (Wildman–Crippen MR) is 94.4 cm³/mol. The fraction of sp³-hybridized carbons (Fsp3) is 0.176. The van der Waals surface area contributed by atoms with Crippen LogP contribution in [0.5, 0.6) is 0 Å². The molecule has 1 unspecified atom stereocenters. The molecule has 0 bridgehead atoms. The van der Waals surface area contributed by atoms with E-state index in [0.717, 1.165) is 24.5 Å². The summed E-state index contributed by atoms with van der Waals surface area (Å²) in [5.74, 6) is -1.74. The summed E-state index contributed by atoms with van der Waals surface area (Å²) in [5.41, 5.74) is 1.30. The van der Waals surface area contributed by atoms with Crippen molar-refractivity contribution in [1.29, 1.82) is 0 Å². The number of halogens is 2. The highest BCUT2D eigenvalue weighted by molar-refractivity contribution is 7.92. The lowest BCUT2D eigenvalue weighted by atomic mass is 10.2. The van der Waals surface area contributed by atoms with Crippen LogP contribution in [0.3, 0.4) is 0 Å². The van der Waals surface area contributed by atoms with Crippen molar-refractivity contribution in [3.63, 3.8) is 0 Å². The molecule has 1 heterocycles. The van der Waals surface area contributed by atoms with E-state index in [2.05, 4.69) is 15.3 Å². The third-order valence-electron chi connectivity index (χ3n) is 3.94. The summed E-state index contributed by atoms with van der Waals surface area (Å²) in [7, 11) is -3.51. The standard InChI is InChI=1S/C17H15F2N3O3S/c1-9(26(2,24)25)17(23)20-11-4-6-14-15(8-11)22-16(21-14)12-7-10(18)3-5-13(12)19/h3-9H,1-2H3,(H,20,23)(H,21,22).